The molecular formula is C15H17NO4. The summed E-state index contributed by atoms with van der Waals surface area (Å²) in [5.41, 5.74) is 1.02. The number of benzene rings is 1. The molecule has 5 nitrogen and oxygen atoms in total. The Morgan fingerprint density at radius 2 is 2.00 bits per heavy atom. The van der Waals surface area contributed by atoms with Crippen LogP contribution in [0.2, 0.25) is 0 Å². The highest BCUT2D eigenvalue weighted by Gasteiger charge is 2.25. The van der Waals surface area contributed by atoms with Crippen LogP contribution in [0.3, 0.4) is 0 Å². The first kappa shape index (κ1) is 13.1. The minimum Gasteiger partial charge on any atom is -0.491 e. The normalized spacial score (nSPS) is 19.5. The number of carbonyl (C=O) groups excluding carboxylic acids is 2. The fourth-order valence-electron chi connectivity index (χ4n) is 2.60. The van der Waals surface area contributed by atoms with E-state index in [0.717, 1.165) is 12.8 Å². The summed E-state index contributed by atoms with van der Waals surface area (Å²) in [5.74, 6) is 0.451. The molecule has 0 atom stereocenters. The van der Waals surface area contributed by atoms with Crippen LogP contribution < -0.4 is 10.1 Å². The molecule has 106 valence electrons. The van der Waals surface area contributed by atoms with E-state index in [1.807, 2.05) is 0 Å². The first-order chi connectivity index (χ1) is 9.75. The van der Waals surface area contributed by atoms with Gasteiger partial charge in [0.2, 0.25) is 0 Å². The molecule has 1 N–H and O–H groups in total. The van der Waals surface area contributed by atoms with Gasteiger partial charge in [0.05, 0.1) is 12.1 Å². The predicted octanol–water partition coefficient (Wildman–Crippen LogP) is 1.42. The van der Waals surface area contributed by atoms with Crippen LogP contribution in [0.25, 0.3) is 0 Å². The summed E-state index contributed by atoms with van der Waals surface area (Å²) in [6, 6.07) is 5.11. The number of carbonyl (C=O) groups is 2. The van der Waals surface area contributed by atoms with Gasteiger partial charge in [-0.3, -0.25) is 9.59 Å². The summed E-state index contributed by atoms with van der Waals surface area (Å²) < 4.78 is 10.8. The van der Waals surface area contributed by atoms with Gasteiger partial charge < -0.3 is 14.8 Å². The number of amides is 1. The van der Waals surface area contributed by atoms with Crippen molar-refractivity contribution in [1.29, 1.82) is 0 Å². The third-order valence-corrected chi connectivity index (χ3v) is 3.75. The Morgan fingerprint density at radius 1 is 1.20 bits per heavy atom. The molecular weight excluding hydrogens is 258 g/mol. The van der Waals surface area contributed by atoms with Gasteiger partial charge in [-0.1, -0.05) is 0 Å². The number of fused-ring (bicyclic) bond motifs is 1. The molecule has 0 unspecified atom stereocenters. The van der Waals surface area contributed by atoms with Crippen molar-refractivity contribution >= 4 is 11.7 Å². The summed E-state index contributed by atoms with van der Waals surface area (Å²) in [5, 5.41) is 2.75. The van der Waals surface area contributed by atoms with Crippen molar-refractivity contribution in [1.82, 2.24) is 5.32 Å². The molecule has 3 rings (SSSR count). The Morgan fingerprint density at radius 3 is 2.80 bits per heavy atom. The van der Waals surface area contributed by atoms with E-state index >= 15 is 0 Å². The predicted molar refractivity (Wildman–Crippen MR) is 72.1 cm³/mol. The standard InChI is InChI=1S/C15H17NO4/c17-14(10-3-6-19-7-4-10)11-1-2-13-12(9-11)15(18)16-5-8-20-13/h1-2,9-10H,3-8H2,(H,16,18). The molecule has 2 aliphatic heterocycles. The molecule has 20 heavy (non-hydrogen) atoms. The lowest BCUT2D eigenvalue weighted by atomic mass is 9.90. The number of hydrogen-bond acceptors (Lipinski definition) is 4. The second-order valence-electron chi connectivity index (χ2n) is 5.07. The minimum atomic E-state index is -0.181. The Hall–Kier alpha value is -1.88. The topological polar surface area (TPSA) is 64.6 Å². The molecule has 1 amide bonds. The third-order valence-electron chi connectivity index (χ3n) is 3.75. The Bertz CT molecular complexity index is 535. The van der Waals surface area contributed by atoms with Crippen molar-refractivity contribution in [2.75, 3.05) is 26.4 Å². The van der Waals surface area contributed by atoms with Crippen LogP contribution in [0.1, 0.15) is 33.6 Å². The molecule has 1 aromatic rings. The molecule has 1 fully saturated rings. The summed E-state index contributed by atoms with van der Waals surface area (Å²) in [6.07, 6.45) is 1.50. The molecule has 2 aliphatic rings. The monoisotopic (exact) mass is 275 g/mol. The highest BCUT2D eigenvalue weighted by molar-refractivity contribution is 6.03. The number of nitrogens with one attached hydrogen (secondary N) is 1. The van der Waals surface area contributed by atoms with Crippen molar-refractivity contribution in [2.45, 2.75) is 12.8 Å². The highest BCUT2D eigenvalue weighted by Crippen LogP contribution is 2.25. The van der Waals surface area contributed by atoms with Crippen LogP contribution in [0.4, 0.5) is 0 Å². The number of ether oxygens (including phenoxy) is 2. The highest BCUT2D eigenvalue weighted by atomic mass is 16.5. The average Bonchev–Trinajstić information content (AvgIpc) is 2.69. The fraction of sp³-hybridized carbons (Fsp3) is 0.467. The van der Waals surface area contributed by atoms with E-state index in [4.69, 9.17) is 9.47 Å². The minimum absolute atomic E-state index is 0.00319. The zero-order chi connectivity index (χ0) is 13.9. The maximum Gasteiger partial charge on any atom is 0.255 e. The van der Waals surface area contributed by atoms with Crippen LogP contribution in [0, 0.1) is 5.92 Å². The van der Waals surface area contributed by atoms with Crippen LogP contribution in [0.15, 0.2) is 18.2 Å². The smallest absolute Gasteiger partial charge is 0.255 e. The van der Waals surface area contributed by atoms with E-state index in [0.29, 0.717) is 43.2 Å². The van der Waals surface area contributed by atoms with Gasteiger partial charge in [-0.25, -0.2) is 0 Å². The third kappa shape index (κ3) is 2.54. The van der Waals surface area contributed by atoms with E-state index in [9.17, 15) is 9.59 Å². The van der Waals surface area contributed by atoms with E-state index in [1.54, 1.807) is 18.2 Å². The molecule has 0 bridgehead atoms. The second-order valence-corrected chi connectivity index (χ2v) is 5.07. The quantitative estimate of drug-likeness (QED) is 0.829. The van der Waals surface area contributed by atoms with Gasteiger partial charge in [0.25, 0.3) is 5.91 Å². The summed E-state index contributed by atoms with van der Waals surface area (Å²) in [6.45, 7) is 2.19. The van der Waals surface area contributed by atoms with Gasteiger partial charge in [0.15, 0.2) is 5.78 Å². The molecule has 0 saturated carbocycles. The molecule has 1 aromatic carbocycles. The largest absolute Gasteiger partial charge is 0.491 e. The van der Waals surface area contributed by atoms with Gasteiger partial charge in [-0.15, -0.1) is 0 Å². The number of ketones is 1. The van der Waals surface area contributed by atoms with Crippen LogP contribution >= 0.6 is 0 Å². The summed E-state index contributed by atoms with van der Waals surface area (Å²) >= 11 is 0. The molecule has 0 aromatic heterocycles. The van der Waals surface area contributed by atoms with Crippen molar-refractivity contribution in [3.63, 3.8) is 0 Å². The SMILES string of the molecule is O=C1NCCOc2ccc(C(=O)C3CCOCC3)cc21. The van der Waals surface area contributed by atoms with Crippen LogP contribution in [-0.2, 0) is 4.74 Å². The van der Waals surface area contributed by atoms with E-state index < -0.39 is 0 Å². The van der Waals surface area contributed by atoms with Crippen molar-refractivity contribution in [2.24, 2.45) is 5.92 Å². The maximum atomic E-state index is 12.5. The molecule has 2 heterocycles. The molecule has 1 saturated heterocycles. The van der Waals surface area contributed by atoms with Crippen LogP contribution in [0.5, 0.6) is 5.75 Å². The van der Waals surface area contributed by atoms with Gasteiger partial charge in [0, 0.05) is 24.7 Å². The van der Waals surface area contributed by atoms with Crippen molar-refractivity contribution in [3.8, 4) is 5.75 Å². The lowest BCUT2D eigenvalue weighted by molar-refractivity contribution is 0.0545. The van der Waals surface area contributed by atoms with Gasteiger partial charge in [0.1, 0.15) is 12.4 Å². The molecule has 5 heteroatoms. The van der Waals surface area contributed by atoms with Crippen molar-refractivity contribution in [3.05, 3.63) is 29.3 Å². The maximum absolute atomic E-state index is 12.5. The molecule has 0 spiro atoms. The first-order valence-corrected chi connectivity index (χ1v) is 6.93. The van der Waals surface area contributed by atoms with Gasteiger partial charge >= 0.3 is 0 Å². The second kappa shape index (κ2) is 5.63. The van der Waals surface area contributed by atoms with E-state index in [-0.39, 0.29) is 17.6 Å². The number of hydrogen-bond donors (Lipinski definition) is 1. The number of rotatable bonds is 2. The van der Waals surface area contributed by atoms with Gasteiger partial charge in [-0.2, -0.15) is 0 Å². The Labute approximate surface area is 117 Å². The van der Waals surface area contributed by atoms with Crippen LogP contribution in [-0.4, -0.2) is 38.1 Å². The van der Waals surface area contributed by atoms with E-state index in [2.05, 4.69) is 5.32 Å². The molecule has 0 radical (unpaired) electrons. The Kier molecular flexibility index (Phi) is 3.69. The lowest BCUT2D eigenvalue weighted by Crippen LogP contribution is -2.25. The first-order valence-electron chi connectivity index (χ1n) is 6.93. The zero-order valence-electron chi connectivity index (χ0n) is 11.2. The number of Topliss-reactive ketones (excluding diaryl/α,β-unsaturated/α-hetero) is 1. The lowest BCUT2D eigenvalue weighted by Gasteiger charge is -2.21. The van der Waals surface area contributed by atoms with E-state index in [1.165, 1.54) is 0 Å². The summed E-state index contributed by atoms with van der Waals surface area (Å²) in [4.78, 5) is 24.4. The average molecular weight is 275 g/mol. The fourth-order valence-corrected chi connectivity index (χ4v) is 2.60. The van der Waals surface area contributed by atoms with Gasteiger partial charge in [-0.05, 0) is 31.0 Å². The van der Waals surface area contributed by atoms with Crippen molar-refractivity contribution < 1.29 is 19.1 Å². The zero-order valence-corrected chi connectivity index (χ0v) is 11.2. The summed E-state index contributed by atoms with van der Waals surface area (Å²) in [7, 11) is 0. The molecule has 0 aliphatic carbocycles. The Balaban J connectivity index is 1.87.